The number of sulfonamides is 1. The molecule has 0 radical (unpaired) electrons. The molecule has 7 nitrogen and oxygen atoms in total. The molecule has 1 amide bonds. The van der Waals surface area contributed by atoms with Crippen molar-refractivity contribution < 1.29 is 27.5 Å². The summed E-state index contributed by atoms with van der Waals surface area (Å²) in [6.45, 7) is 1.22. The van der Waals surface area contributed by atoms with Crippen LogP contribution in [0.2, 0.25) is 5.02 Å². The van der Waals surface area contributed by atoms with Crippen molar-refractivity contribution >= 4 is 39.2 Å². The van der Waals surface area contributed by atoms with Gasteiger partial charge in [-0.1, -0.05) is 11.6 Å². The zero-order valence-electron chi connectivity index (χ0n) is 13.4. The van der Waals surface area contributed by atoms with E-state index in [-0.39, 0.29) is 10.7 Å². The molecule has 0 unspecified atom stereocenters. The zero-order chi connectivity index (χ0) is 18.8. The van der Waals surface area contributed by atoms with Gasteiger partial charge in [-0.3, -0.25) is 9.59 Å². The first kappa shape index (κ1) is 19.6. The summed E-state index contributed by atoms with van der Waals surface area (Å²) in [6.07, 6.45) is 1.42. The first-order valence-electron chi connectivity index (χ1n) is 7.62. The second kappa shape index (κ2) is 7.67. The Labute approximate surface area is 149 Å². The van der Waals surface area contributed by atoms with Gasteiger partial charge in [0.05, 0.1) is 16.6 Å². The summed E-state index contributed by atoms with van der Waals surface area (Å²) >= 11 is 5.91. The molecule has 1 fully saturated rings. The molecule has 2 rings (SSSR count). The van der Waals surface area contributed by atoms with Gasteiger partial charge in [-0.05, 0) is 31.7 Å². The van der Waals surface area contributed by atoms with Gasteiger partial charge in [0.25, 0.3) is 0 Å². The predicted molar refractivity (Wildman–Crippen MR) is 89.4 cm³/mol. The first-order valence-corrected chi connectivity index (χ1v) is 9.48. The van der Waals surface area contributed by atoms with Crippen LogP contribution in [0.4, 0.5) is 10.1 Å². The number of nitrogens with one attached hydrogen (secondary N) is 2. The van der Waals surface area contributed by atoms with E-state index in [9.17, 15) is 22.4 Å². The highest BCUT2D eigenvalue weighted by atomic mass is 35.5. The number of aliphatic carboxylic acids is 1. The van der Waals surface area contributed by atoms with Gasteiger partial charge < -0.3 is 10.4 Å². The van der Waals surface area contributed by atoms with Crippen molar-refractivity contribution in [2.75, 3.05) is 5.32 Å². The minimum absolute atomic E-state index is 0.0208. The molecule has 0 aliphatic heterocycles. The Morgan fingerprint density at radius 3 is 2.36 bits per heavy atom. The van der Waals surface area contributed by atoms with Gasteiger partial charge in [0.1, 0.15) is 10.7 Å². The molecule has 1 aromatic carbocycles. The molecule has 138 valence electrons. The number of halogens is 2. The van der Waals surface area contributed by atoms with Crippen molar-refractivity contribution in [3.05, 3.63) is 23.0 Å². The van der Waals surface area contributed by atoms with Gasteiger partial charge in [0, 0.05) is 19.0 Å². The molecule has 10 heteroatoms. The fourth-order valence-electron chi connectivity index (χ4n) is 2.76. The standard InChI is InChI=1S/C15H18ClFN2O5S/c1-8(20)18-13-7-12(17)14(6-11(13)16)25(23,24)19-10-4-2-9(3-5-10)15(21)22/h6-7,9-10,19H,2-5H2,1H3,(H,18,20)(H,21,22). The zero-order valence-corrected chi connectivity index (χ0v) is 15.0. The van der Waals surface area contributed by atoms with Crippen LogP contribution in [0.3, 0.4) is 0 Å². The Kier molecular flexibility index (Phi) is 6.02. The first-order chi connectivity index (χ1) is 11.6. The number of carboxylic acids is 1. The minimum atomic E-state index is -4.17. The summed E-state index contributed by atoms with van der Waals surface area (Å²) in [7, 11) is -4.17. The highest BCUT2D eigenvalue weighted by molar-refractivity contribution is 7.89. The smallest absolute Gasteiger partial charge is 0.306 e. The predicted octanol–water partition coefficient (Wildman–Crippen LogP) is 2.36. The maximum Gasteiger partial charge on any atom is 0.306 e. The van der Waals surface area contributed by atoms with Gasteiger partial charge >= 0.3 is 5.97 Å². The Morgan fingerprint density at radius 1 is 1.24 bits per heavy atom. The van der Waals surface area contributed by atoms with Gasteiger partial charge in [-0.15, -0.1) is 0 Å². The fraction of sp³-hybridized carbons (Fsp3) is 0.467. The van der Waals surface area contributed by atoms with Crippen molar-refractivity contribution in [3.63, 3.8) is 0 Å². The molecule has 1 aliphatic rings. The number of rotatable bonds is 5. The van der Waals surface area contributed by atoms with E-state index >= 15 is 0 Å². The fourth-order valence-corrected chi connectivity index (χ4v) is 4.43. The molecule has 25 heavy (non-hydrogen) atoms. The van der Waals surface area contributed by atoms with Crippen molar-refractivity contribution in [1.29, 1.82) is 0 Å². The van der Waals surface area contributed by atoms with Gasteiger partial charge in [0.15, 0.2) is 0 Å². The summed E-state index contributed by atoms with van der Waals surface area (Å²) in [5, 5.41) is 11.2. The molecule has 0 heterocycles. The van der Waals surface area contributed by atoms with Crippen LogP contribution in [0.25, 0.3) is 0 Å². The molecule has 1 saturated carbocycles. The molecule has 0 saturated heterocycles. The number of anilines is 1. The molecule has 0 bridgehead atoms. The Balaban J connectivity index is 2.16. The summed E-state index contributed by atoms with van der Waals surface area (Å²) < 4.78 is 41.4. The van der Waals surface area contributed by atoms with Crippen LogP contribution >= 0.6 is 11.6 Å². The molecule has 3 N–H and O–H groups in total. The maximum absolute atomic E-state index is 14.2. The Bertz CT molecular complexity index is 791. The molecule has 1 aromatic rings. The maximum atomic E-state index is 14.2. The molecule has 1 aliphatic carbocycles. The number of carboxylic acid groups (broad SMARTS) is 1. The normalized spacial score (nSPS) is 20.9. The highest BCUT2D eigenvalue weighted by Crippen LogP contribution is 2.30. The van der Waals surface area contributed by atoms with Gasteiger partial charge in [0.2, 0.25) is 15.9 Å². The minimum Gasteiger partial charge on any atom is -0.481 e. The Hall–Kier alpha value is -1.71. The molecule has 0 spiro atoms. The topological polar surface area (TPSA) is 113 Å². The van der Waals surface area contributed by atoms with Crippen LogP contribution in [-0.4, -0.2) is 31.4 Å². The number of hydrogen-bond acceptors (Lipinski definition) is 4. The number of hydrogen-bond donors (Lipinski definition) is 3. The molecule has 0 aromatic heterocycles. The van der Waals surface area contributed by atoms with Crippen LogP contribution in [0, 0.1) is 11.7 Å². The third kappa shape index (κ3) is 4.90. The van der Waals surface area contributed by atoms with Gasteiger partial charge in [-0.25, -0.2) is 17.5 Å². The molecule has 0 atom stereocenters. The van der Waals surface area contributed by atoms with Gasteiger partial charge in [-0.2, -0.15) is 0 Å². The summed E-state index contributed by atoms with van der Waals surface area (Å²) in [5.41, 5.74) is -0.0208. The summed E-state index contributed by atoms with van der Waals surface area (Å²) in [5.74, 6) is -2.89. The summed E-state index contributed by atoms with van der Waals surface area (Å²) in [4.78, 5) is 21.3. The van der Waals surface area contributed by atoms with Crippen LogP contribution < -0.4 is 10.0 Å². The van der Waals surface area contributed by atoms with E-state index < -0.39 is 44.6 Å². The third-order valence-electron chi connectivity index (χ3n) is 4.02. The molecular formula is C15H18ClFN2O5S. The largest absolute Gasteiger partial charge is 0.481 e. The van der Waals surface area contributed by atoms with Crippen LogP contribution in [0.1, 0.15) is 32.6 Å². The quantitative estimate of drug-likeness (QED) is 0.712. The van der Waals surface area contributed by atoms with Crippen molar-refractivity contribution in [2.24, 2.45) is 5.92 Å². The number of carbonyl (C=O) groups is 2. The Morgan fingerprint density at radius 2 is 1.84 bits per heavy atom. The van der Waals surface area contributed by atoms with E-state index in [2.05, 4.69) is 10.0 Å². The second-order valence-corrected chi connectivity index (χ2v) is 8.04. The van der Waals surface area contributed by atoms with Crippen LogP contribution in [-0.2, 0) is 19.6 Å². The van der Waals surface area contributed by atoms with E-state index in [0.717, 1.165) is 12.1 Å². The van der Waals surface area contributed by atoms with E-state index in [1.165, 1.54) is 6.92 Å². The van der Waals surface area contributed by atoms with E-state index in [4.69, 9.17) is 16.7 Å². The van der Waals surface area contributed by atoms with E-state index in [0.29, 0.717) is 25.7 Å². The number of benzene rings is 1. The lowest BCUT2D eigenvalue weighted by Crippen LogP contribution is -2.39. The lowest BCUT2D eigenvalue weighted by molar-refractivity contribution is -0.142. The van der Waals surface area contributed by atoms with Crippen molar-refractivity contribution in [1.82, 2.24) is 4.72 Å². The SMILES string of the molecule is CC(=O)Nc1cc(F)c(S(=O)(=O)NC2CCC(C(=O)O)CC2)cc1Cl. The lowest BCUT2D eigenvalue weighted by Gasteiger charge is -2.26. The summed E-state index contributed by atoms with van der Waals surface area (Å²) in [6, 6.07) is 1.32. The van der Waals surface area contributed by atoms with Crippen LogP contribution in [0.15, 0.2) is 17.0 Å². The average molecular weight is 393 g/mol. The third-order valence-corrected chi connectivity index (χ3v) is 5.87. The van der Waals surface area contributed by atoms with Crippen molar-refractivity contribution in [2.45, 2.75) is 43.5 Å². The lowest BCUT2D eigenvalue weighted by atomic mass is 9.87. The number of amides is 1. The van der Waals surface area contributed by atoms with Crippen molar-refractivity contribution in [3.8, 4) is 0 Å². The average Bonchev–Trinajstić information content (AvgIpc) is 2.50. The number of carbonyl (C=O) groups excluding carboxylic acids is 1. The second-order valence-electron chi connectivity index (χ2n) is 5.95. The van der Waals surface area contributed by atoms with E-state index in [1.807, 2.05) is 0 Å². The monoisotopic (exact) mass is 392 g/mol. The van der Waals surface area contributed by atoms with Crippen LogP contribution in [0.5, 0.6) is 0 Å². The highest BCUT2D eigenvalue weighted by Gasteiger charge is 2.30. The van der Waals surface area contributed by atoms with E-state index in [1.54, 1.807) is 0 Å². The molecular weight excluding hydrogens is 375 g/mol.